The maximum absolute atomic E-state index is 11.6. The van der Waals surface area contributed by atoms with Gasteiger partial charge in [-0.05, 0) is 12.3 Å². The van der Waals surface area contributed by atoms with Crippen molar-refractivity contribution in [1.82, 2.24) is 5.32 Å². The fraction of sp³-hybridized carbons (Fsp3) is 0.833. The quantitative estimate of drug-likeness (QED) is 0.691. The van der Waals surface area contributed by atoms with E-state index in [-0.39, 0.29) is 12.5 Å². The zero-order valence-electron chi connectivity index (χ0n) is 10.4. The first-order chi connectivity index (χ1) is 8.13. The summed E-state index contributed by atoms with van der Waals surface area (Å²) in [5, 5.41) is 2.48. The van der Waals surface area contributed by atoms with E-state index in [1.165, 1.54) is 26.4 Å². The van der Waals surface area contributed by atoms with Crippen LogP contribution in [0.4, 0.5) is 0 Å². The molecule has 0 aliphatic heterocycles. The molecule has 3 N–H and O–H groups in total. The van der Waals surface area contributed by atoms with Crippen molar-refractivity contribution >= 4 is 11.9 Å². The molecule has 0 saturated heterocycles. The Hall–Kier alpha value is -1.10. The molecule has 1 atom stereocenters. The molecule has 5 nitrogen and oxygen atoms in total. The molecule has 0 spiro atoms. The number of amides is 1. The average molecular weight is 242 g/mol. The van der Waals surface area contributed by atoms with Gasteiger partial charge in [-0.3, -0.25) is 9.59 Å². The molecule has 5 heteroatoms. The first kappa shape index (κ1) is 14.0. The Morgan fingerprint density at radius 1 is 1.35 bits per heavy atom. The lowest BCUT2D eigenvalue weighted by Gasteiger charge is -2.23. The SMILES string of the molecule is COC(=O)CNC(=O)[C@H](N)CC1CCCCC1. The number of ether oxygens (including phenoxy) is 1. The van der Waals surface area contributed by atoms with E-state index in [9.17, 15) is 9.59 Å². The van der Waals surface area contributed by atoms with E-state index in [0.717, 1.165) is 12.8 Å². The van der Waals surface area contributed by atoms with Crippen LogP contribution in [0.2, 0.25) is 0 Å². The third kappa shape index (κ3) is 5.17. The fourth-order valence-electron chi connectivity index (χ4n) is 2.25. The van der Waals surface area contributed by atoms with E-state index in [1.807, 2.05) is 0 Å². The van der Waals surface area contributed by atoms with Crippen LogP contribution in [-0.2, 0) is 14.3 Å². The van der Waals surface area contributed by atoms with Crippen LogP contribution in [0.1, 0.15) is 38.5 Å². The Morgan fingerprint density at radius 3 is 2.59 bits per heavy atom. The minimum atomic E-state index is -0.511. The highest BCUT2D eigenvalue weighted by atomic mass is 16.5. The Balaban J connectivity index is 2.23. The molecule has 1 amide bonds. The standard InChI is InChI=1S/C12H22N2O3/c1-17-11(15)8-14-12(16)10(13)7-9-5-3-2-4-6-9/h9-10H,2-8,13H2,1H3,(H,14,16)/t10-/m1/s1. The average Bonchev–Trinajstić information content (AvgIpc) is 2.36. The van der Waals surface area contributed by atoms with Crippen LogP contribution in [-0.4, -0.2) is 31.6 Å². The van der Waals surface area contributed by atoms with Crippen LogP contribution in [0.25, 0.3) is 0 Å². The molecule has 17 heavy (non-hydrogen) atoms. The summed E-state index contributed by atoms with van der Waals surface area (Å²) in [6.45, 7) is -0.103. The second-order valence-corrected chi connectivity index (χ2v) is 4.64. The van der Waals surface area contributed by atoms with Crippen LogP contribution < -0.4 is 11.1 Å². The maximum Gasteiger partial charge on any atom is 0.325 e. The fourth-order valence-corrected chi connectivity index (χ4v) is 2.25. The van der Waals surface area contributed by atoms with E-state index in [0.29, 0.717) is 12.3 Å². The van der Waals surface area contributed by atoms with Gasteiger partial charge in [0.05, 0.1) is 13.2 Å². The Labute approximate surface area is 102 Å². The van der Waals surface area contributed by atoms with Crippen LogP contribution >= 0.6 is 0 Å². The van der Waals surface area contributed by atoms with Crippen LogP contribution in [0.5, 0.6) is 0 Å². The number of methoxy groups -OCH3 is 1. The lowest BCUT2D eigenvalue weighted by Crippen LogP contribution is -2.43. The molecule has 1 fully saturated rings. The lowest BCUT2D eigenvalue weighted by molar-refractivity contribution is -0.141. The Bertz CT molecular complexity index is 262. The van der Waals surface area contributed by atoms with Crippen LogP contribution in [0, 0.1) is 5.92 Å². The van der Waals surface area contributed by atoms with Gasteiger partial charge in [0.25, 0.3) is 0 Å². The van der Waals surface area contributed by atoms with Gasteiger partial charge in [0.2, 0.25) is 5.91 Å². The van der Waals surface area contributed by atoms with Crippen molar-refractivity contribution in [2.45, 2.75) is 44.6 Å². The van der Waals surface area contributed by atoms with Gasteiger partial charge in [0.15, 0.2) is 0 Å². The van der Waals surface area contributed by atoms with E-state index in [1.54, 1.807) is 0 Å². The van der Waals surface area contributed by atoms with Crippen molar-refractivity contribution in [1.29, 1.82) is 0 Å². The van der Waals surface area contributed by atoms with Gasteiger partial charge >= 0.3 is 5.97 Å². The highest BCUT2D eigenvalue weighted by Gasteiger charge is 2.21. The van der Waals surface area contributed by atoms with Gasteiger partial charge < -0.3 is 15.8 Å². The predicted molar refractivity (Wildman–Crippen MR) is 64.2 cm³/mol. The first-order valence-electron chi connectivity index (χ1n) is 6.23. The van der Waals surface area contributed by atoms with Crippen molar-refractivity contribution in [2.24, 2.45) is 11.7 Å². The molecule has 1 saturated carbocycles. The summed E-state index contributed by atoms with van der Waals surface area (Å²) in [6, 6.07) is -0.511. The molecular weight excluding hydrogens is 220 g/mol. The van der Waals surface area contributed by atoms with Gasteiger partial charge in [-0.15, -0.1) is 0 Å². The molecule has 0 aromatic heterocycles. The molecule has 0 bridgehead atoms. The highest BCUT2D eigenvalue weighted by molar-refractivity contribution is 5.85. The third-order valence-corrected chi connectivity index (χ3v) is 3.28. The first-order valence-corrected chi connectivity index (χ1v) is 6.23. The Morgan fingerprint density at radius 2 is 2.00 bits per heavy atom. The molecule has 1 aliphatic rings. The summed E-state index contributed by atoms with van der Waals surface area (Å²) >= 11 is 0. The molecular formula is C12H22N2O3. The van der Waals surface area contributed by atoms with Gasteiger partial charge in [0.1, 0.15) is 6.54 Å². The predicted octanol–water partition coefficient (Wildman–Crippen LogP) is 0.573. The molecule has 0 unspecified atom stereocenters. The second-order valence-electron chi connectivity index (χ2n) is 4.64. The number of hydrogen-bond donors (Lipinski definition) is 2. The number of nitrogens with one attached hydrogen (secondary N) is 1. The van der Waals surface area contributed by atoms with Gasteiger partial charge in [0, 0.05) is 0 Å². The topological polar surface area (TPSA) is 81.4 Å². The van der Waals surface area contributed by atoms with E-state index in [4.69, 9.17) is 5.73 Å². The zero-order valence-corrected chi connectivity index (χ0v) is 10.4. The summed E-state index contributed by atoms with van der Waals surface area (Å²) in [5.41, 5.74) is 5.81. The monoisotopic (exact) mass is 242 g/mol. The molecule has 1 aliphatic carbocycles. The molecule has 0 aromatic carbocycles. The normalized spacial score (nSPS) is 18.5. The highest BCUT2D eigenvalue weighted by Crippen LogP contribution is 2.26. The lowest BCUT2D eigenvalue weighted by atomic mass is 9.85. The molecule has 1 rings (SSSR count). The zero-order chi connectivity index (χ0) is 12.7. The van der Waals surface area contributed by atoms with Crippen LogP contribution in [0.15, 0.2) is 0 Å². The number of hydrogen-bond acceptors (Lipinski definition) is 4. The van der Waals surface area contributed by atoms with E-state index in [2.05, 4.69) is 10.1 Å². The molecule has 0 radical (unpaired) electrons. The van der Waals surface area contributed by atoms with Crippen molar-refractivity contribution in [3.8, 4) is 0 Å². The molecule has 0 heterocycles. The number of esters is 1. The van der Waals surface area contributed by atoms with E-state index < -0.39 is 12.0 Å². The summed E-state index contributed by atoms with van der Waals surface area (Å²) in [7, 11) is 1.29. The van der Waals surface area contributed by atoms with Gasteiger partial charge in [-0.2, -0.15) is 0 Å². The number of nitrogens with two attached hydrogens (primary N) is 1. The van der Waals surface area contributed by atoms with Gasteiger partial charge in [-0.25, -0.2) is 0 Å². The van der Waals surface area contributed by atoms with E-state index >= 15 is 0 Å². The van der Waals surface area contributed by atoms with Crippen LogP contribution in [0.3, 0.4) is 0 Å². The molecule has 98 valence electrons. The minimum Gasteiger partial charge on any atom is -0.468 e. The Kier molecular flexibility index (Phi) is 5.97. The second kappa shape index (κ2) is 7.27. The number of carbonyl (C=O) groups is 2. The maximum atomic E-state index is 11.6. The summed E-state index contributed by atoms with van der Waals surface area (Å²) in [4.78, 5) is 22.4. The van der Waals surface area contributed by atoms with Crippen molar-refractivity contribution in [3.63, 3.8) is 0 Å². The largest absolute Gasteiger partial charge is 0.468 e. The van der Waals surface area contributed by atoms with Crippen molar-refractivity contribution < 1.29 is 14.3 Å². The number of carbonyl (C=O) groups excluding carboxylic acids is 2. The van der Waals surface area contributed by atoms with Gasteiger partial charge in [-0.1, -0.05) is 32.1 Å². The smallest absolute Gasteiger partial charge is 0.325 e. The molecule has 0 aromatic rings. The summed E-state index contributed by atoms with van der Waals surface area (Å²) in [6.07, 6.45) is 6.81. The number of rotatable bonds is 5. The summed E-state index contributed by atoms with van der Waals surface area (Å²) in [5.74, 6) is -0.160. The van der Waals surface area contributed by atoms with Crippen molar-refractivity contribution in [2.75, 3.05) is 13.7 Å². The summed E-state index contributed by atoms with van der Waals surface area (Å²) < 4.78 is 4.44. The minimum absolute atomic E-state index is 0.103. The van der Waals surface area contributed by atoms with Crippen molar-refractivity contribution in [3.05, 3.63) is 0 Å². The third-order valence-electron chi connectivity index (χ3n) is 3.28.